The van der Waals surface area contributed by atoms with E-state index in [1.807, 2.05) is 0 Å². The number of nitrogen functional groups attached to an aromatic ring is 1. The summed E-state index contributed by atoms with van der Waals surface area (Å²) in [6.45, 7) is 4.54. The standard InChI is InChI=1S/C10H14N2/c1-10(2)4-7-3-8(11)6-12-9(7)5-10/h3,6H,4-5,11H2,1-2H3. The Bertz CT molecular complexity index is 316. The largest absolute Gasteiger partial charge is 0.397 e. The van der Waals surface area contributed by atoms with Crippen LogP contribution in [0, 0.1) is 5.41 Å². The van der Waals surface area contributed by atoms with Gasteiger partial charge in [-0.3, -0.25) is 4.98 Å². The van der Waals surface area contributed by atoms with Crippen LogP contribution in [-0.4, -0.2) is 4.98 Å². The van der Waals surface area contributed by atoms with Gasteiger partial charge in [-0.15, -0.1) is 0 Å². The van der Waals surface area contributed by atoms with E-state index in [0.29, 0.717) is 5.41 Å². The number of nitrogens with zero attached hydrogens (tertiary/aromatic N) is 1. The Kier molecular flexibility index (Phi) is 1.40. The van der Waals surface area contributed by atoms with Crippen molar-refractivity contribution in [3.63, 3.8) is 0 Å². The second-order valence-electron chi connectivity index (χ2n) is 4.39. The van der Waals surface area contributed by atoms with E-state index in [2.05, 4.69) is 24.9 Å². The van der Waals surface area contributed by atoms with Crippen molar-refractivity contribution in [3.05, 3.63) is 23.5 Å². The molecule has 1 heterocycles. The van der Waals surface area contributed by atoms with Crippen LogP contribution in [0.2, 0.25) is 0 Å². The van der Waals surface area contributed by atoms with Crippen molar-refractivity contribution in [2.45, 2.75) is 26.7 Å². The van der Waals surface area contributed by atoms with E-state index >= 15 is 0 Å². The molecule has 0 unspecified atom stereocenters. The van der Waals surface area contributed by atoms with Gasteiger partial charge in [0, 0.05) is 5.69 Å². The van der Waals surface area contributed by atoms with E-state index in [4.69, 9.17) is 5.73 Å². The third kappa shape index (κ3) is 1.17. The molecule has 12 heavy (non-hydrogen) atoms. The lowest BCUT2D eigenvalue weighted by Crippen LogP contribution is -2.09. The van der Waals surface area contributed by atoms with E-state index in [9.17, 15) is 0 Å². The molecule has 64 valence electrons. The van der Waals surface area contributed by atoms with Gasteiger partial charge >= 0.3 is 0 Å². The predicted molar refractivity (Wildman–Crippen MR) is 49.8 cm³/mol. The van der Waals surface area contributed by atoms with Crippen LogP contribution in [0.4, 0.5) is 5.69 Å². The van der Waals surface area contributed by atoms with E-state index in [1.54, 1.807) is 6.20 Å². The van der Waals surface area contributed by atoms with Crippen LogP contribution in [-0.2, 0) is 12.8 Å². The molecule has 0 radical (unpaired) electrons. The Morgan fingerprint density at radius 2 is 2.17 bits per heavy atom. The highest BCUT2D eigenvalue weighted by atomic mass is 14.7. The van der Waals surface area contributed by atoms with Gasteiger partial charge in [-0.2, -0.15) is 0 Å². The van der Waals surface area contributed by atoms with Crippen LogP contribution >= 0.6 is 0 Å². The van der Waals surface area contributed by atoms with Crippen LogP contribution in [0.1, 0.15) is 25.1 Å². The molecule has 0 aromatic carbocycles. The lowest BCUT2D eigenvalue weighted by atomic mass is 9.91. The van der Waals surface area contributed by atoms with E-state index in [-0.39, 0.29) is 0 Å². The number of hydrogen-bond acceptors (Lipinski definition) is 2. The average Bonchev–Trinajstić information content (AvgIpc) is 2.21. The maximum absolute atomic E-state index is 5.66. The molecule has 2 nitrogen and oxygen atoms in total. The molecule has 0 spiro atoms. The summed E-state index contributed by atoms with van der Waals surface area (Å²) in [5.41, 5.74) is 9.38. The lowest BCUT2D eigenvalue weighted by molar-refractivity contribution is 0.390. The summed E-state index contributed by atoms with van der Waals surface area (Å²) < 4.78 is 0. The van der Waals surface area contributed by atoms with E-state index in [0.717, 1.165) is 18.5 Å². The van der Waals surface area contributed by atoms with Crippen LogP contribution < -0.4 is 5.73 Å². The number of aromatic nitrogens is 1. The number of pyridine rings is 1. The lowest BCUT2D eigenvalue weighted by Gasteiger charge is -2.14. The third-order valence-corrected chi connectivity index (χ3v) is 2.40. The monoisotopic (exact) mass is 162 g/mol. The zero-order chi connectivity index (χ0) is 8.77. The van der Waals surface area contributed by atoms with Crippen molar-refractivity contribution in [2.24, 2.45) is 5.41 Å². The fourth-order valence-corrected chi connectivity index (χ4v) is 1.90. The quantitative estimate of drug-likeness (QED) is 0.631. The van der Waals surface area contributed by atoms with Crippen LogP contribution in [0.5, 0.6) is 0 Å². The summed E-state index contributed by atoms with van der Waals surface area (Å²) in [7, 11) is 0. The minimum atomic E-state index is 0.378. The second-order valence-corrected chi connectivity index (χ2v) is 4.39. The van der Waals surface area contributed by atoms with E-state index in [1.165, 1.54) is 11.3 Å². The minimum absolute atomic E-state index is 0.378. The molecule has 0 fully saturated rings. The number of anilines is 1. The molecule has 1 aromatic rings. The Balaban J connectivity index is 2.43. The smallest absolute Gasteiger partial charge is 0.0503 e. The summed E-state index contributed by atoms with van der Waals surface area (Å²) in [5.74, 6) is 0. The molecule has 2 heteroatoms. The van der Waals surface area contributed by atoms with Crippen LogP contribution in [0.25, 0.3) is 0 Å². The Hall–Kier alpha value is -1.05. The molecule has 2 N–H and O–H groups in total. The summed E-state index contributed by atoms with van der Waals surface area (Å²) in [6.07, 6.45) is 3.95. The molecular formula is C10H14N2. The van der Waals surface area contributed by atoms with Gasteiger partial charge in [-0.1, -0.05) is 13.8 Å². The molecule has 0 aliphatic heterocycles. The van der Waals surface area contributed by atoms with Crippen molar-refractivity contribution in [1.82, 2.24) is 4.98 Å². The molecule has 1 aliphatic rings. The van der Waals surface area contributed by atoms with Crippen molar-refractivity contribution in [1.29, 1.82) is 0 Å². The molecule has 2 rings (SSSR count). The Morgan fingerprint density at radius 1 is 1.42 bits per heavy atom. The molecule has 0 atom stereocenters. The summed E-state index contributed by atoms with van der Waals surface area (Å²) in [5, 5.41) is 0. The first-order valence-corrected chi connectivity index (χ1v) is 4.30. The Labute approximate surface area is 72.8 Å². The highest BCUT2D eigenvalue weighted by molar-refractivity contribution is 5.42. The topological polar surface area (TPSA) is 38.9 Å². The van der Waals surface area contributed by atoms with Gasteiger partial charge in [0.1, 0.15) is 0 Å². The van der Waals surface area contributed by atoms with Gasteiger partial charge in [0.2, 0.25) is 0 Å². The zero-order valence-electron chi connectivity index (χ0n) is 7.59. The second kappa shape index (κ2) is 2.22. The summed E-state index contributed by atoms with van der Waals surface area (Å²) in [4.78, 5) is 4.33. The highest BCUT2D eigenvalue weighted by Crippen LogP contribution is 2.35. The highest BCUT2D eigenvalue weighted by Gasteiger charge is 2.29. The maximum Gasteiger partial charge on any atom is 0.0503 e. The van der Waals surface area contributed by atoms with Crippen LogP contribution in [0.15, 0.2) is 12.3 Å². The van der Waals surface area contributed by atoms with Crippen LogP contribution in [0.3, 0.4) is 0 Å². The van der Waals surface area contributed by atoms with Crippen molar-refractivity contribution in [3.8, 4) is 0 Å². The average molecular weight is 162 g/mol. The molecule has 0 amide bonds. The van der Waals surface area contributed by atoms with Gasteiger partial charge < -0.3 is 5.73 Å². The van der Waals surface area contributed by atoms with Gasteiger partial charge in [0.25, 0.3) is 0 Å². The Morgan fingerprint density at radius 3 is 2.92 bits per heavy atom. The fourth-order valence-electron chi connectivity index (χ4n) is 1.90. The number of nitrogens with two attached hydrogens (primary N) is 1. The number of rotatable bonds is 0. The first kappa shape index (κ1) is 7.59. The van der Waals surface area contributed by atoms with Gasteiger partial charge in [0.05, 0.1) is 11.9 Å². The summed E-state index contributed by atoms with van der Waals surface area (Å²) >= 11 is 0. The molecule has 1 aromatic heterocycles. The zero-order valence-corrected chi connectivity index (χ0v) is 7.59. The van der Waals surface area contributed by atoms with Crippen molar-refractivity contribution < 1.29 is 0 Å². The maximum atomic E-state index is 5.66. The minimum Gasteiger partial charge on any atom is -0.397 e. The normalized spacial score (nSPS) is 19.2. The molecular weight excluding hydrogens is 148 g/mol. The van der Waals surface area contributed by atoms with Gasteiger partial charge in [0.15, 0.2) is 0 Å². The van der Waals surface area contributed by atoms with Crippen molar-refractivity contribution in [2.75, 3.05) is 5.73 Å². The first-order valence-electron chi connectivity index (χ1n) is 4.30. The third-order valence-electron chi connectivity index (χ3n) is 2.40. The molecule has 0 saturated carbocycles. The molecule has 0 bridgehead atoms. The SMILES string of the molecule is CC1(C)Cc2cc(N)cnc2C1. The predicted octanol–water partition coefficient (Wildman–Crippen LogP) is 1.79. The molecule has 0 saturated heterocycles. The van der Waals surface area contributed by atoms with Gasteiger partial charge in [-0.05, 0) is 29.9 Å². The molecule has 1 aliphatic carbocycles. The van der Waals surface area contributed by atoms with Crippen molar-refractivity contribution >= 4 is 5.69 Å². The number of fused-ring (bicyclic) bond motifs is 1. The first-order chi connectivity index (χ1) is 5.57. The van der Waals surface area contributed by atoms with Gasteiger partial charge in [-0.25, -0.2) is 0 Å². The number of hydrogen-bond donors (Lipinski definition) is 1. The fraction of sp³-hybridized carbons (Fsp3) is 0.500. The summed E-state index contributed by atoms with van der Waals surface area (Å²) in [6, 6.07) is 2.05. The van der Waals surface area contributed by atoms with E-state index < -0.39 is 0 Å².